The van der Waals surface area contributed by atoms with Crippen LogP contribution in [0.2, 0.25) is 0 Å². The van der Waals surface area contributed by atoms with Gasteiger partial charge in [-0.3, -0.25) is 11.8 Å². The molecule has 0 saturated heterocycles. The molecular weight excluding hydrogens is 1140 g/mol. The molecule has 61 heavy (non-hydrogen) atoms. The van der Waals surface area contributed by atoms with E-state index in [-0.39, 0.29) is 49.7 Å². The van der Waals surface area contributed by atoms with Gasteiger partial charge in [0.2, 0.25) is 0 Å². The summed E-state index contributed by atoms with van der Waals surface area (Å²) < 4.78 is 0. The maximum absolute atomic E-state index is 7.27. The second-order valence-electron chi connectivity index (χ2n) is 15.4. The Labute approximate surface area is 396 Å². The molecule has 0 spiro atoms. The van der Waals surface area contributed by atoms with Crippen molar-refractivity contribution in [1.29, 1.82) is 0 Å². The molecule has 0 atom stereocenters. The molecule has 0 saturated carbocycles. The standard InChI is InChI=1S/C27H26P2.2C15H9.2Au/c1-27(2,28(23-15-7-3-8-16-23)24-17-9-4-10-18-24)29(25-19-11-5-12-20-25)26-21-13-6-14-22-26;2*1-2-11-7-5-9-14-13-8-4-3-6-12(13)10-15(11)14;;/h3-22H,1-2H3;2*3-9H,10H2;;/q;2*-1;2*+1/p+2. The Hall–Kier alpha value is -4.78. The fourth-order valence-corrected chi connectivity index (χ4v) is 17.3. The molecule has 0 fully saturated rings. The van der Waals surface area contributed by atoms with Crippen molar-refractivity contribution in [2.24, 2.45) is 0 Å². The van der Waals surface area contributed by atoms with Crippen LogP contribution in [0.3, 0.4) is 0 Å². The summed E-state index contributed by atoms with van der Waals surface area (Å²) in [6, 6.07) is 73.7. The Kier molecular flexibility index (Phi) is 16.0. The number of hydrogen-bond donors (Lipinski definition) is 0. The summed E-state index contributed by atoms with van der Waals surface area (Å²) in [4.78, 5) is 0.154. The third-order valence-electron chi connectivity index (χ3n) is 11.5. The van der Waals surface area contributed by atoms with Crippen LogP contribution in [0.15, 0.2) is 206 Å². The molecule has 8 aromatic rings. The SMILES string of the molecule is CC(C)([PH+](c1ccccc1)c1ccccc1)[PH+](c1ccccc1)c1ccccc1.[Au+].[Au+].[C-]#Cc1cccc2c1Cc1ccccc1-2.[C-]#Cc1cccc2c1Cc1ccccc1-2. The van der Waals surface area contributed by atoms with E-state index in [2.05, 4.69) is 208 Å². The van der Waals surface area contributed by atoms with Crippen molar-refractivity contribution in [1.82, 2.24) is 0 Å². The summed E-state index contributed by atoms with van der Waals surface area (Å²) in [5, 5.41) is 5.96. The fourth-order valence-electron chi connectivity index (χ4n) is 8.87. The van der Waals surface area contributed by atoms with Gasteiger partial charge in [-0.2, -0.15) is 0 Å². The van der Waals surface area contributed by atoms with E-state index in [0.29, 0.717) is 0 Å². The first-order chi connectivity index (χ1) is 29.0. The third kappa shape index (κ3) is 9.97. The van der Waals surface area contributed by atoms with Gasteiger partial charge in [0.15, 0.2) is 4.90 Å². The molecule has 0 aromatic heterocycles. The Morgan fingerprint density at radius 3 is 0.951 bits per heavy atom. The van der Waals surface area contributed by atoms with Crippen LogP contribution >= 0.6 is 15.8 Å². The first-order valence-electron chi connectivity index (χ1n) is 20.2. The molecule has 8 aromatic carbocycles. The maximum atomic E-state index is 7.27. The topological polar surface area (TPSA) is 0 Å². The van der Waals surface area contributed by atoms with E-state index >= 15 is 0 Å². The summed E-state index contributed by atoms with van der Waals surface area (Å²) in [7, 11) is -2.05. The predicted octanol–water partition coefficient (Wildman–Crippen LogP) is 11.8. The van der Waals surface area contributed by atoms with Gasteiger partial charge in [-0.25, -0.2) is 0 Å². The van der Waals surface area contributed by atoms with Gasteiger partial charge in [0.1, 0.15) is 37.1 Å². The summed E-state index contributed by atoms with van der Waals surface area (Å²) in [6.45, 7) is 5.02. The van der Waals surface area contributed by atoms with E-state index in [1.54, 1.807) is 0 Å². The first-order valence-corrected chi connectivity index (χ1v) is 23.2. The zero-order chi connectivity index (χ0) is 40.6. The van der Waals surface area contributed by atoms with Crippen molar-refractivity contribution in [2.75, 3.05) is 0 Å². The van der Waals surface area contributed by atoms with Gasteiger partial charge in [0.25, 0.3) is 0 Å². The van der Waals surface area contributed by atoms with Crippen molar-refractivity contribution in [3.8, 4) is 34.1 Å². The molecule has 0 radical (unpaired) electrons. The fraction of sp³-hybridized carbons (Fsp3) is 0.0877. The van der Waals surface area contributed by atoms with Gasteiger partial charge in [-0.05, 0) is 94.8 Å². The largest absolute Gasteiger partial charge is 1.00 e. The summed E-state index contributed by atoms with van der Waals surface area (Å²) in [6.07, 6.45) is 16.4. The second-order valence-corrected chi connectivity index (χ2v) is 22.2. The molecule has 0 N–H and O–H groups in total. The zero-order valence-corrected chi connectivity index (χ0v) is 40.5. The van der Waals surface area contributed by atoms with Crippen molar-refractivity contribution in [2.45, 2.75) is 31.6 Å². The van der Waals surface area contributed by atoms with Gasteiger partial charge < -0.3 is 12.8 Å². The van der Waals surface area contributed by atoms with Crippen molar-refractivity contribution >= 4 is 37.1 Å². The van der Waals surface area contributed by atoms with Crippen molar-refractivity contribution < 1.29 is 44.8 Å². The first kappa shape index (κ1) is 45.7. The summed E-state index contributed by atoms with van der Waals surface area (Å²) in [5.41, 5.74) is 12.2. The predicted molar refractivity (Wildman–Crippen MR) is 257 cm³/mol. The third-order valence-corrected chi connectivity index (χ3v) is 19.1. The molecule has 0 aliphatic heterocycles. The van der Waals surface area contributed by atoms with Gasteiger partial charge in [0.05, 0.1) is 0 Å². The number of fused-ring (bicyclic) bond motifs is 6. The van der Waals surface area contributed by atoms with E-state index < -0.39 is 15.8 Å². The van der Waals surface area contributed by atoms with Crippen LogP contribution in [0.5, 0.6) is 0 Å². The van der Waals surface area contributed by atoms with Crippen LogP contribution in [-0.4, -0.2) is 4.90 Å². The zero-order valence-electron chi connectivity index (χ0n) is 34.1. The minimum atomic E-state index is -1.02. The molecule has 4 heteroatoms. The molecule has 2 aliphatic rings. The molecule has 10 rings (SSSR count). The Morgan fingerprint density at radius 2 is 0.639 bits per heavy atom. The Balaban J connectivity index is 0.000000164. The number of benzene rings is 8. The van der Waals surface area contributed by atoms with Crippen LogP contribution in [0.1, 0.15) is 47.2 Å². The molecule has 2 aliphatic carbocycles. The molecule has 0 amide bonds. The number of rotatable bonds is 6. The second kappa shape index (κ2) is 21.3. The average molecular weight is 1190 g/mol. The molecule has 0 heterocycles. The van der Waals surface area contributed by atoms with Gasteiger partial charge in [0, 0.05) is 13.8 Å². The molecule has 0 nitrogen and oxygen atoms in total. The van der Waals surface area contributed by atoms with Crippen LogP contribution in [0.25, 0.3) is 22.3 Å². The van der Waals surface area contributed by atoms with Gasteiger partial charge in [-0.15, -0.1) is 34.4 Å². The molecule has 0 bridgehead atoms. The molecular formula is C57H46Au2P2+2. The minimum Gasteiger partial charge on any atom is -0.366 e. The van der Waals surface area contributed by atoms with Crippen molar-refractivity contribution in [3.63, 3.8) is 0 Å². The molecule has 0 unspecified atom stereocenters. The van der Waals surface area contributed by atoms with Gasteiger partial charge >= 0.3 is 44.8 Å². The monoisotopic (exact) mass is 1190 g/mol. The summed E-state index contributed by atoms with van der Waals surface area (Å²) >= 11 is 0. The van der Waals surface area contributed by atoms with Crippen LogP contribution in [-0.2, 0) is 57.6 Å². The van der Waals surface area contributed by atoms with Crippen molar-refractivity contribution in [3.05, 3.63) is 252 Å². The number of hydrogen-bond acceptors (Lipinski definition) is 0. The van der Waals surface area contributed by atoms with E-state index in [9.17, 15) is 0 Å². The molecule has 304 valence electrons. The Morgan fingerprint density at radius 1 is 0.361 bits per heavy atom. The van der Waals surface area contributed by atoms with E-state index in [4.69, 9.17) is 12.8 Å². The Bertz CT molecular complexity index is 2500. The normalized spacial score (nSPS) is 11.3. The van der Waals surface area contributed by atoms with E-state index in [1.165, 1.54) is 65.7 Å². The van der Waals surface area contributed by atoms with E-state index in [1.807, 2.05) is 24.3 Å². The quantitative estimate of drug-likeness (QED) is 0.0674. The van der Waals surface area contributed by atoms with Crippen LogP contribution in [0.4, 0.5) is 0 Å². The van der Waals surface area contributed by atoms with E-state index in [0.717, 1.165) is 24.0 Å². The maximum Gasteiger partial charge on any atom is 1.00 e. The minimum absolute atomic E-state index is 0. The summed E-state index contributed by atoms with van der Waals surface area (Å²) in [5.74, 6) is 5.02. The van der Waals surface area contributed by atoms with Gasteiger partial charge in [-0.1, -0.05) is 146 Å². The van der Waals surface area contributed by atoms with Crippen LogP contribution < -0.4 is 21.2 Å². The average Bonchev–Trinajstić information content (AvgIpc) is 3.87. The smallest absolute Gasteiger partial charge is 0.366 e. The van der Waals surface area contributed by atoms with Crippen LogP contribution in [0, 0.1) is 24.7 Å².